The van der Waals surface area contributed by atoms with Gasteiger partial charge in [-0.05, 0) is 45.4 Å². The lowest BCUT2D eigenvalue weighted by Crippen LogP contribution is -2.42. The summed E-state index contributed by atoms with van der Waals surface area (Å²) in [6, 6.07) is 19.1. The van der Waals surface area contributed by atoms with Crippen molar-refractivity contribution in [3.63, 3.8) is 0 Å². The molecule has 0 saturated heterocycles. The topological polar surface area (TPSA) is 46.5 Å². The highest BCUT2D eigenvalue weighted by atomic mass is 32.2. The number of esters is 1. The van der Waals surface area contributed by atoms with Gasteiger partial charge in [-0.2, -0.15) is 0 Å². The van der Waals surface area contributed by atoms with Crippen LogP contribution in [0.25, 0.3) is 0 Å². The zero-order valence-electron chi connectivity index (χ0n) is 15.2. The predicted octanol–water partition coefficient (Wildman–Crippen LogP) is 4.86. The van der Waals surface area contributed by atoms with Crippen LogP contribution in [0.4, 0.5) is 0 Å². The van der Waals surface area contributed by atoms with Crippen molar-refractivity contribution < 1.29 is 14.6 Å². The van der Waals surface area contributed by atoms with Gasteiger partial charge in [-0.15, -0.1) is 11.8 Å². The maximum atomic E-state index is 12.9. The van der Waals surface area contributed by atoms with Crippen LogP contribution in [0.2, 0.25) is 0 Å². The second kappa shape index (κ2) is 8.07. The number of hydrogen-bond donors (Lipinski definition) is 1. The summed E-state index contributed by atoms with van der Waals surface area (Å²) in [5.41, 5.74) is -0.953. The van der Waals surface area contributed by atoms with Gasteiger partial charge in [0.1, 0.15) is 11.0 Å². The van der Waals surface area contributed by atoms with Crippen molar-refractivity contribution in [3.8, 4) is 0 Å². The van der Waals surface area contributed by atoms with E-state index in [0.29, 0.717) is 11.3 Å². The van der Waals surface area contributed by atoms with Crippen LogP contribution in [0, 0.1) is 5.41 Å². The minimum absolute atomic E-state index is 0.389. The maximum absolute atomic E-state index is 12.9. The van der Waals surface area contributed by atoms with Crippen molar-refractivity contribution in [2.24, 2.45) is 5.41 Å². The van der Waals surface area contributed by atoms with Gasteiger partial charge < -0.3 is 9.84 Å². The molecule has 0 fully saturated rings. The summed E-state index contributed by atoms with van der Waals surface area (Å²) >= 11 is 1.54. The highest BCUT2D eigenvalue weighted by molar-refractivity contribution is 7.99. The Kier molecular flexibility index (Phi) is 6.31. The number of aliphatic hydroxyl groups excluding tert-OH is 1. The molecule has 0 bridgehead atoms. The fourth-order valence-electron chi connectivity index (χ4n) is 2.40. The monoisotopic (exact) mass is 358 g/mol. The molecular formula is C21H26O3S. The molecule has 2 aromatic rings. The molecule has 0 heterocycles. The van der Waals surface area contributed by atoms with Crippen molar-refractivity contribution >= 4 is 17.7 Å². The lowest BCUT2D eigenvalue weighted by Gasteiger charge is -2.35. The van der Waals surface area contributed by atoms with Gasteiger partial charge in [-0.3, -0.25) is 4.79 Å². The first kappa shape index (κ1) is 19.5. The summed E-state index contributed by atoms with van der Waals surface area (Å²) in [5.74, 6) is 0.0295. The van der Waals surface area contributed by atoms with Crippen LogP contribution in [0.3, 0.4) is 0 Å². The summed E-state index contributed by atoms with van der Waals surface area (Å²) in [5, 5.41) is 11.0. The van der Waals surface area contributed by atoms with Crippen LogP contribution >= 0.6 is 11.8 Å². The molecule has 0 aromatic heterocycles. The molecule has 0 saturated carbocycles. The first-order valence-corrected chi connectivity index (χ1v) is 9.35. The molecule has 2 atom stereocenters. The van der Waals surface area contributed by atoms with E-state index in [9.17, 15) is 9.90 Å². The average Bonchev–Trinajstić information content (AvgIpc) is 2.59. The molecule has 0 amide bonds. The quantitative estimate of drug-likeness (QED) is 0.592. The van der Waals surface area contributed by atoms with Crippen molar-refractivity contribution in [1.82, 2.24) is 0 Å². The van der Waals surface area contributed by atoms with Crippen LogP contribution in [-0.2, 0) is 9.53 Å². The van der Waals surface area contributed by atoms with Gasteiger partial charge in [0.25, 0.3) is 0 Å². The Hall–Kier alpha value is -1.78. The molecule has 0 aliphatic rings. The predicted molar refractivity (Wildman–Crippen MR) is 103 cm³/mol. The summed E-state index contributed by atoms with van der Waals surface area (Å²) in [6.07, 6.45) is -0.945. The minimum Gasteiger partial charge on any atom is -0.459 e. The van der Waals surface area contributed by atoms with Gasteiger partial charge in [-0.1, -0.05) is 48.5 Å². The normalized spacial score (nSPS) is 15.2. The number of ether oxygens (including phenoxy) is 1. The van der Waals surface area contributed by atoms with E-state index in [1.165, 1.54) is 0 Å². The number of aliphatic hydroxyl groups is 1. The number of rotatable bonds is 6. The molecule has 134 valence electrons. The number of hydrogen-bond acceptors (Lipinski definition) is 4. The van der Waals surface area contributed by atoms with E-state index in [1.807, 2.05) is 81.4 Å². The fourth-order valence-corrected chi connectivity index (χ4v) is 3.49. The molecule has 2 rings (SSSR count). The van der Waals surface area contributed by atoms with Crippen molar-refractivity contribution in [1.29, 1.82) is 0 Å². The van der Waals surface area contributed by atoms with Gasteiger partial charge in [-0.25, -0.2) is 0 Å². The van der Waals surface area contributed by atoms with Gasteiger partial charge >= 0.3 is 5.97 Å². The highest BCUT2D eigenvalue weighted by Crippen LogP contribution is 2.40. The van der Waals surface area contributed by atoms with Crippen molar-refractivity contribution in [2.45, 2.75) is 44.3 Å². The molecule has 0 aliphatic carbocycles. The second-order valence-electron chi connectivity index (χ2n) is 7.33. The van der Waals surface area contributed by atoms with Crippen molar-refractivity contribution in [2.75, 3.05) is 5.75 Å². The number of carbonyl (C=O) groups excluding carboxylic acids is 1. The smallest absolute Gasteiger partial charge is 0.316 e. The molecule has 25 heavy (non-hydrogen) atoms. The van der Waals surface area contributed by atoms with Gasteiger partial charge in [0.05, 0.1) is 6.10 Å². The van der Waals surface area contributed by atoms with Gasteiger partial charge in [0, 0.05) is 10.6 Å². The molecule has 0 unspecified atom stereocenters. The third-order valence-corrected chi connectivity index (χ3v) is 5.22. The second-order valence-corrected chi connectivity index (χ2v) is 8.38. The molecule has 2 aromatic carbocycles. The zero-order chi connectivity index (χ0) is 18.5. The zero-order valence-corrected chi connectivity index (χ0v) is 16.0. The lowest BCUT2D eigenvalue weighted by molar-refractivity contribution is -0.172. The number of carbonyl (C=O) groups is 1. The molecule has 1 N–H and O–H groups in total. The van der Waals surface area contributed by atoms with E-state index in [4.69, 9.17) is 4.74 Å². The maximum Gasteiger partial charge on any atom is 0.316 e. The van der Waals surface area contributed by atoms with Crippen molar-refractivity contribution in [3.05, 3.63) is 66.2 Å². The van der Waals surface area contributed by atoms with Crippen LogP contribution in [-0.4, -0.2) is 22.4 Å². The van der Waals surface area contributed by atoms with E-state index in [-0.39, 0.29) is 5.97 Å². The summed E-state index contributed by atoms with van der Waals surface area (Å²) in [4.78, 5) is 14.0. The molecule has 3 nitrogen and oxygen atoms in total. The summed E-state index contributed by atoms with van der Waals surface area (Å²) < 4.78 is 5.62. The number of benzene rings is 2. The standard InChI is InChI=1S/C21H26O3S/c1-20(2,3)24-19(23)21(4,15-25-17-13-9-6-10-14-17)18(22)16-11-7-5-8-12-16/h5-14,18,22H,15H2,1-4H3/t18-,21+/m1/s1. The summed E-state index contributed by atoms with van der Waals surface area (Å²) in [6.45, 7) is 7.29. The van der Waals surface area contributed by atoms with E-state index in [0.717, 1.165) is 4.90 Å². The van der Waals surface area contributed by atoms with Crippen LogP contribution < -0.4 is 0 Å². The SMILES string of the molecule is CC(C)(C)OC(=O)[C@@](C)(CSc1ccccc1)[C@H](O)c1ccccc1. The van der Waals surface area contributed by atoms with E-state index in [2.05, 4.69) is 0 Å². The van der Waals surface area contributed by atoms with Gasteiger partial charge in [0.15, 0.2) is 0 Å². The average molecular weight is 359 g/mol. The van der Waals surface area contributed by atoms with E-state index in [1.54, 1.807) is 18.7 Å². The van der Waals surface area contributed by atoms with E-state index >= 15 is 0 Å². The third-order valence-electron chi connectivity index (χ3n) is 3.87. The Morgan fingerprint density at radius 3 is 2.04 bits per heavy atom. The Balaban J connectivity index is 2.28. The minimum atomic E-state index is -1.06. The largest absolute Gasteiger partial charge is 0.459 e. The Bertz CT molecular complexity index is 679. The Labute approximate surface area is 154 Å². The van der Waals surface area contributed by atoms with Crippen LogP contribution in [0.1, 0.15) is 39.4 Å². The highest BCUT2D eigenvalue weighted by Gasteiger charge is 2.44. The first-order valence-electron chi connectivity index (χ1n) is 8.37. The first-order chi connectivity index (χ1) is 11.7. The Morgan fingerprint density at radius 2 is 1.52 bits per heavy atom. The number of thioether (sulfide) groups is 1. The molecule has 0 spiro atoms. The molecular weight excluding hydrogens is 332 g/mol. The molecule has 0 radical (unpaired) electrons. The fraction of sp³-hybridized carbons (Fsp3) is 0.381. The van der Waals surface area contributed by atoms with Gasteiger partial charge in [0.2, 0.25) is 0 Å². The summed E-state index contributed by atoms with van der Waals surface area (Å²) in [7, 11) is 0. The third kappa shape index (κ3) is 5.35. The molecule has 4 heteroatoms. The van der Waals surface area contributed by atoms with E-state index < -0.39 is 17.1 Å². The van der Waals surface area contributed by atoms with Crippen LogP contribution in [0.15, 0.2) is 65.6 Å². The Morgan fingerprint density at radius 1 is 1.00 bits per heavy atom. The lowest BCUT2D eigenvalue weighted by atomic mass is 9.82. The molecule has 0 aliphatic heterocycles. The van der Waals surface area contributed by atoms with Crippen LogP contribution in [0.5, 0.6) is 0 Å².